The van der Waals surface area contributed by atoms with Crippen LogP contribution in [0.3, 0.4) is 0 Å². The highest BCUT2D eigenvalue weighted by Crippen LogP contribution is 2.31. The number of fused-ring (bicyclic) bond motifs is 1. The molecule has 0 N–H and O–H groups in total. The number of halogens is 1. The molecule has 0 fully saturated rings. The molecular formula is C11H9BrN4S. The molecule has 0 saturated carbocycles. The van der Waals surface area contributed by atoms with Crippen molar-refractivity contribution in [2.75, 3.05) is 0 Å². The molecule has 3 aromatic rings. The van der Waals surface area contributed by atoms with Crippen molar-refractivity contribution in [3.8, 4) is 5.82 Å². The van der Waals surface area contributed by atoms with Crippen LogP contribution in [0.1, 0.15) is 10.4 Å². The second-order valence-electron chi connectivity index (χ2n) is 3.76. The number of aromatic nitrogens is 4. The summed E-state index contributed by atoms with van der Waals surface area (Å²) in [7, 11) is 0. The molecule has 86 valence electrons. The fourth-order valence-electron chi connectivity index (χ4n) is 1.75. The van der Waals surface area contributed by atoms with Crippen molar-refractivity contribution in [3.05, 3.63) is 33.6 Å². The zero-order valence-corrected chi connectivity index (χ0v) is 11.7. The average molecular weight is 309 g/mol. The van der Waals surface area contributed by atoms with Gasteiger partial charge in [0.2, 0.25) is 0 Å². The fourth-order valence-corrected chi connectivity index (χ4v) is 3.03. The lowest BCUT2D eigenvalue weighted by Crippen LogP contribution is -1.99. The van der Waals surface area contributed by atoms with E-state index in [1.165, 1.54) is 10.4 Å². The molecule has 0 amide bonds. The number of aryl methyl sites for hydroxylation is 2. The van der Waals surface area contributed by atoms with Gasteiger partial charge < -0.3 is 0 Å². The molecule has 0 unspecified atom stereocenters. The van der Waals surface area contributed by atoms with Gasteiger partial charge in [0.15, 0.2) is 5.82 Å². The van der Waals surface area contributed by atoms with E-state index in [1.807, 2.05) is 6.20 Å². The number of nitrogens with zero attached hydrogens (tertiary/aromatic N) is 4. The predicted molar refractivity (Wildman–Crippen MR) is 71.7 cm³/mol. The third kappa shape index (κ3) is 1.68. The van der Waals surface area contributed by atoms with E-state index in [1.54, 1.807) is 28.5 Å². The maximum absolute atomic E-state index is 4.34. The van der Waals surface area contributed by atoms with Crippen molar-refractivity contribution in [1.82, 2.24) is 19.7 Å². The largest absolute Gasteiger partial charge is 0.225 e. The average Bonchev–Trinajstić information content (AvgIpc) is 2.85. The lowest BCUT2D eigenvalue weighted by molar-refractivity contribution is 0.851. The van der Waals surface area contributed by atoms with Crippen molar-refractivity contribution >= 4 is 37.5 Å². The van der Waals surface area contributed by atoms with Crippen LogP contribution in [0.4, 0.5) is 0 Å². The first kappa shape index (κ1) is 10.9. The lowest BCUT2D eigenvalue weighted by atomic mass is 10.2. The van der Waals surface area contributed by atoms with E-state index in [9.17, 15) is 0 Å². The Morgan fingerprint density at radius 2 is 2.12 bits per heavy atom. The van der Waals surface area contributed by atoms with E-state index < -0.39 is 0 Å². The first-order chi connectivity index (χ1) is 8.16. The Hall–Kier alpha value is -1.27. The first-order valence-corrected chi connectivity index (χ1v) is 6.69. The quantitative estimate of drug-likeness (QED) is 0.693. The number of rotatable bonds is 1. The van der Waals surface area contributed by atoms with Gasteiger partial charge in [-0.2, -0.15) is 5.10 Å². The predicted octanol–water partition coefficient (Wildman–Crippen LogP) is 3.26. The standard InChI is InChI=1S/C11H9BrN4S/c1-6-7(2)17-11-9(6)10(13-5-14-11)16-4-8(12)3-15-16/h3-5H,1-2H3. The third-order valence-electron chi connectivity index (χ3n) is 2.71. The minimum Gasteiger partial charge on any atom is -0.225 e. The minimum absolute atomic E-state index is 0.836. The van der Waals surface area contributed by atoms with E-state index >= 15 is 0 Å². The van der Waals surface area contributed by atoms with E-state index in [2.05, 4.69) is 44.8 Å². The van der Waals surface area contributed by atoms with Gasteiger partial charge in [-0.3, -0.25) is 0 Å². The van der Waals surface area contributed by atoms with Crippen molar-refractivity contribution in [2.24, 2.45) is 0 Å². The molecule has 4 nitrogen and oxygen atoms in total. The summed E-state index contributed by atoms with van der Waals surface area (Å²) >= 11 is 5.08. The van der Waals surface area contributed by atoms with Gasteiger partial charge in [0.25, 0.3) is 0 Å². The van der Waals surface area contributed by atoms with Crippen LogP contribution >= 0.6 is 27.3 Å². The molecular weight excluding hydrogens is 300 g/mol. The Morgan fingerprint density at radius 3 is 2.82 bits per heavy atom. The second-order valence-corrected chi connectivity index (χ2v) is 5.88. The summed E-state index contributed by atoms with van der Waals surface area (Å²) in [4.78, 5) is 10.9. The van der Waals surface area contributed by atoms with Gasteiger partial charge in [-0.25, -0.2) is 14.6 Å². The van der Waals surface area contributed by atoms with Crippen molar-refractivity contribution in [2.45, 2.75) is 13.8 Å². The lowest BCUT2D eigenvalue weighted by Gasteiger charge is -2.02. The van der Waals surface area contributed by atoms with Gasteiger partial charge >= 0.3 is 0 Å². The topological polar surface area (TPSA) is 43.6 Å². The zero-order chi connectivity index (χ0) is 12.0. The van der Waals surface area contributed by atoms with Gasteiger partial charge in [-0.1, -0.05) is 0 Å². The summed E-state index contributed by atoms with van der Waals surface area (Å²) in [5.74, 6) is 0.836. The van der Waals surface area contributed by atoms with Crippen LogP contribution in [0.5, 0.6) is 0 Å². The van der Waals surface area contributed by atoms with Crippen LogP contribution < -0.4 is 0 Å². The van der Waals surface area contributed by atoms with E-state index in [-0.39, 0.29) is 0 Å². The fraction of sp³-hybridized carbons (Fsp3) is 0.182. The maximum Gasteiger partial charge on any atom is 0.165 e. The number of thiophene rings is 1. The number of hydrogen-bond acceptors (Lipinski definition) is 4. The van der Waals surface area contributed by atoms with Crippen LogP contribution in [0.15, 0.2) is 23.2 Å². The maximum atomic E-state index is 4.34. The molecule has 17 heavy (non-hydrogen) atoms. The summed E-state index contributed by atoms with van der Waals surface area (Å²) in [6, 6.07) is 0. The van der Waals surface area contributed by atoms with E-state index in [4.69, 9.17) is 0 Å². The van der Waals surface area contributed by atoms with Gasteiger partial charge in [0, 0.05) is 11.1 Å². The Bertz CT molecular complexity index is 701. The van der Waals surface area contributed by atoms with Gasteiger partial charge in [0.1, 0.15) is 11.2 Å². The molecule has 0 bridgehead atoms. The normalized spacial score (nSPS) is 11.2. The second kappa shape index (κ2) is 3.89. The Labute approximate surface area is 110 Å². The summed E-state index contributed by atoms with van der Waals surface area (Å²) in [5, 5.41) is 5.36. The molecule has 0 atom stereocenters. The highest BCUT2D eigenvalue weighted by Gasteiger charge is 2.13. The molecule has 3 heterocycles. The molecule has 0 aliphatic rings. The van der Waals surface area contributed by atoms with Crippen molar-refractivity contribution < 1.29 is 0 Å². The molecule has 0 saturated heterocycles. The first-order valence-electron chi connectivity index (χ1n) is 5.08. The molecule has 3 aromatic heterocycles. The van der Waals surface area contributed by atoms with Crippen LogP contribution in [-0.4, -0.2) is 19.7 Å². The van der Waals surface area contributed by atoms with Crippen molar-refractivity contribution in [1.29, 1.82) is 0 Å². The van der Waals surface area contributed by atoms with Gasteiger partial charge in [0.05, 0.1) is 16.1 Å². The van der Waals surface area contributed by atoms with Crippen LogP contribution in [-0.2, 0) is 0 Å². The Balaban J connectivity index is 2.36. The van der Waals surface area contributed by atoms with E-state index in [0.717, 1.165) is 20.5 Å². The number of hydrogen-bond donors (Lipinski definition) is 0. The molecule has 0 spiro atoms. The van der Waals surface area contributed by atoms with Crippen LogP contribution in [0, 0.1) is 13.8 Å². The zero-order valence-electron chi connectivity index (χ0n) is 9.31. The molecule has 0 aliphatic heterocycles. The van der Waals surface area contributed by atoms with Crippen molar-refractivity contribution in [3.63, 3.8) is 0 Å². The van der Waals surface area contributed by atoms with Crippen LogP contribution in [0.25, 0.3) is 16.0 Å². The molecule has 0 aliphatic carbocycles. The van der Waals surface area contributed by atoms with Gasteiger partial charge in [-0.05, 0) is 35.3 Å². The minimum atomic E-state index is 0.836. The molecule has 6 heteroatoms. The molecule has 0 radical (unpaired) electrons. The smallest absolute Gasteiger partial charge is 0.165 e. The molecule has 3 rings (SSSR count). The van der Waals surface area contributed by atoms with Crippen LogP contribution in [0.2, 0.25) is 0 Å². The van der Waals surface area contributed by atoms with E-state index in [0.29, 0.717) is 0 Å². The summed E-state index contributed by atoms with van der Waals surface area (Å²) in [6.07, 6.45) is 5.24. The monoisotopic (exact) mass is 308 g/mol. The highest BCUT2D eigenvalue weighted by atomic mass is 79.9. The van der Waals surface area contributed by atoms with Gasteiger partial charge in [-0.15, -0.1) is 11.3 Å². The summed E-state index contributed by atoms with van der Waals surface area (Å²) in [5.41, 5.74) is 1.23. The third-order valence-corrected chi connectivity index (χ3v) is 4.24. The Kier molecular flexibility index (Phi) is 2.48. The summed E-state index contributed by atoms with van der Waals surface area (Å²) in [6.45, 7) is 4.20. The highest BCUT2D eigenvalue weighted by molar-refractivity contribution is 9.10. The SMILES string of the molecule is Cc1sc2ncnc(-n3cc(Br)cn3)c2c1C. The Morgan fingerprint density at radius 1 is 1.29 bits per heavy atom. The molecule has 0 aromatic carbocycles. The summed E-state index contributed by atoms with van der Waals surface area (Å²) < 4.78 is 2.71.